The molecule has 0 atom stereocenters. The van der Waals surface area contributed by atoms with Gasteiger partial charge in [-0.25, -0.2) is 4.39 Å². The van der Waals surface area contributed by atoms with Gasteiger partial charge in [0.1, 0.15) is 19.0 Å². The molecule has 0 saturated carbocycles. The highest BCUT2D eigenvalue weighted by molar-refractivity contribution is 8.00. The average Bonchev–Trinajstić information content (AvgIpc) is 2.55. The van der Waals surface area contributed by atoms with Crippen LogP contribution in [0.25, 0.3) is 0 Å². The fraction of sp³-hybridized carbons (Fsp3) is 0.188. The lowest BCUT2D eigenvalue weighted by Gasteiger charge is -2.18. The van der Waals surface area contributed by atoms with Crippen molar-refractivity contribution in [2.45, 2.75) is 4.90 Å². The van der Waals surface area contributed by atoms with Gasteiger partial charge in [0, 0.05) is 4.90 Å². The van der Waals surface area contributed by atoms with Crippen LogP contribution in [-0.2, 0) is 4.79 Å². The van der Waals surface area contributed by atoms with Crippen molar-refractivity contribution < 1.29 is 18.7 Å². The van der Waals surface area contributed by atoms with Crippen molar-refractivity contribution in [2.75, 3.05) is 24.3 Å². The smallest absolute Gasteiger partial charge is 0.234 e. The normalized spacial score (nSPS) is 12.8. The van der Waals surface area contributed by atoms with Gasteiger partial charge in [0.25, 0.3) is 0 Å². The van der Waals surface area contributed by atoms with Crippen molar-refractivity contribution in [3.8, 4) is 11.5 Å². The van der Waals surface area contributed by atoms with E-state index >= 15 is 0 Å². The van der Waals surface area contributed by atoms with E-state index in [0.717, 1.165) is 4.90 Å². The molecule has 0 unspecified atom stereocenters. The van der Waals surface area contributed by atoms with Crippen molar-refractivity contribution in [1.82, 2.24) is 0 Å². The third kappa shape index (κ3) is 3.51. The summed E-state index contributed by atoms with van der Waals surface area (Å²) in [6.45, 7) is 1.07. The monoisotopic (exact) mass is 319 g/mol. The molecule has 114 valence electrons. The summed E-state index contributed by atoms with van der Waals surface area (Å²) in [4.78, 5) is 12.8. The van der Waals surface area contributed by atoms with E-state index in [1.165, 1.54) is 23.9 Å². The van der Waals surface area contributed by atoms with Crippen molar-refractivity contribution >= 4 is 23.4 Å². The lowest BCUT2D eigenvalue weighted by Crippen LogP contribution is -2.16. The molecule has 0 saturated heterocycles. The third-order valence-electron chi connectivity index (χ3n) is 3.03. The van der Waals surface area contributed by atoms with Crippen LogP contribution in [0.3, 0.4) is 0 Å². The Kier molecular flexibility index (Phi) is 4.48. The van der Waals surface area contributed by atoms with Crippen LogP contribution in [0, 0.1) is 5.82 Å². The number of hydrogen-bond donors (Lipinski definition) is 1. The number of halogens is 1. The number of fused-ring (bicyclic) bond motifs is 1. The fourth-order valence-corrected chi connectivity index (χ4v) is 2.74. The van der Waals surface area contributed by atoms with Gasteiger partial charge in [0.15, 0.2) is 11.5 Å². The van der Waals surface area contributed by atoms with Crippen LogP contribution in [0.5, 0.6) is 11.5 Å². The summed E-state index contributed by atoms with van der Waals surface area (Å²) in [5, 5.41) is 2.55. The molecule has 22 heavy (non-hydrogen) atoms. The summed E-state index contributed by atoms with van der Waals surface area (Å²) in [5.41, 5.74) is 0.190. The maximum atomic E-state index is 13.4. The first-order chi connectivity index (χ1) is 10.7. The summed E-state index contributed by atoms with van der Waals surface area (Å²) in [5.74, 6) is 0.885. The summed E-state index contributed by atoms with van der Waals surface area (Å²) >= 11 is 1.36. The topological polar surface area (TPSA) is 47.6 Å². The Morgan fingerprint density at radius 1 is 1.14 bits per heavy atom. The zero-order valence-corrected chi connectivity index (χ0v) is 12.5. The molecular weight excluding hydrogens is 305 g/mol. The van der Waals surface area contributed by atoms with Crippen LogP contribution >= 0.6 is 11.8 Å². The molecule has 1 amide bonds. The molecule has 2 aromatic carbocycles. The predicted octanol–water partition coefficient (Wildman–Crippen LogP) is 3.33. The zero-order valence-electron chi connectivity index (χ0n) is 11.7. The molecule has 4 nitrogen and oxygen atoms in total. The van der Waals surface area contributed by atoms with Crippen LogP contribution < -0.4 is 14.8 Å². The number of para-hydroxylation sites is 1. The number of anilines is 1. The molecule has 1 heterocycles. The Bertz CT molecular complexity index is 693. The first-order valence-electron chi connectivity index (χ1n) is 6.79. The Balaban J connectivity index is 1.58. The molecule has 0 radical (unpaired) electrons. The third-order valence-corrected chi connectivity index (χ3v) is 4.03. The minimum atomic E-state index is -0.444. The van der Waals surface area contributed by atoms with Gasteiger partial charge in [-0.3, -0.25) is 4.79 Å². The largest absolute Gasteiger partial charge is 0.486 e. The number of carbonyl (C=O) groups is 1. The number of thioether (sulfide) groups is 1. The molecule has 0 spiro atoms. The molecule has 0 bridgehead atoms. The van der Waals surface area contributed by atoms with Crippen LogP contribution in [0.1, 0.15) is 0 Å². The highest BCUT2D eigenvalue weighted by atomic mass is 32.2. The van der Waals surface area contributed by atoms with Gasteiger partial charge >= 0.3 is 0 Å². The Labute approximate surface area is 131 Å². The second-order valence-corrected chi connectivity index (χ2v) is 5.67. The van der Waals surface area contributed by atoms with E-state index in [1.807, 2.05) is 18.2 Å². The van der Waals surface area contributed by atoms with Gasteiger partial charge in [0.2, 0.25) is 5.91 Å². The molecule has 0 aliphatic carbocycles. The highest BCUT2D eigenvalue weighted by Crippen LogP contribution is 2.34. The zero-order chi connectivity index (χ0) is 15.4. The minimum absolute atomic E-state index is 0.188. The standard InChI is InChI=1S/C16H14FNO3S/c17-12-3-1-2-4-13(12)18-16(19)10-22-11-5-6-14-15(9-11)21-8-7-20-14/h1-6,9H,7-8,10H2,(H,18,19). The number of benzene rings is 2. The number of amides is 1. The molecule has 1 aliphatic rings. The van der Waals surface area contributed by atoms with E-state index in [1.54, 1.807) is 12.1 Å². The van der Waals surface area contributed by atoms with Crippen molar-refractivity contribution in [3.05, 3.63) is 48.3 Å². The SMILES string of the molecule is O=C(CSc1ccc2c(c1)OCCO2)Nc1ccccc1F. The van der Waals surface area contributed by atoms with Gasteiger partial charge < -0.3 is 14.8 Å². The molecule has 3 rings (SSSR count). The Morgan fingerprint density at radius 3 is 2.73 bits per heavy atom. The van der Waals surface area contributed by atoms with E-state index in [0.29, 0.717) is 24.7 Å². The quantitative estimate of drug-likeness (QED) is 0.878. The van der Waals surface area contributed by atoms with Crippen LogP contribution in [-0.4, -0.2) is 24.9 Å². The van der Waals surface area contributed by atoms with Crippen molar-refractivity contribution in [2.24, 2.45) is 0 Å². The molecule has 1 aliphatic heterocycles. The second kappa shape index (κ2) is 6.70. The minimum Gasteiger partial charge on any atom is -0.486 e. The Morgan fingerprint density at radius 2 is 1.91 bits per heavy atom. The first-order valence-corrected chi connectivity index (χ1v) is 7.78. The highest BCUT2D eigenvalue weighted by Gasteiger charge is 2.13. The number of rotatable bonds is 4. The van der Waals surface area contributed by atoms with E-state index in [4.69, 9.17) is 9.47 Å². The predicted molar refractivity (Wildman–Crippen MR) is 83.2 cm³/mol. The summed E-state index contributed by atoms with van der Waals surface area (Å²) in [6.07, 6.45) is 0. The van der Waals surface area contributed by atoms with Gasteiger partial charge in [-0.05, 0) is 30.3 Å². The molecular formula is C16H14FNO3S. The van der Waals surface area contributed by atoms with E-state index in [9.17, 15) is 9.18 Å². The lowest BCUT2D eigenvalue weighted by atomic mass is 10.3. The van der Waals surface area contributed by atoms with Gasteiger partial charge in [-0.2, -0.15) is 0 Å². The first kappa shape index (κ1) is 14.7. The summed E-state index contributed by atoms with van der Waals surface area (Å²) in [7, 11) is 0. The summed E-state index contributed by atoms with van der Waals surface area (Å²) < 4.78 is 24.4. The fourth-order valence-electron chi connectivity index (χ4n) is 2.01. The summed E-state index contributed by atoms with van der Waals surface area (Å²) in [6, 6.07) is 11.6. The number of ether oxygens (including phenoxy) is 2. The van der Waals surface area contributed by atoms with E-state index in [-0.39, 0.29) is 17.3 Å². The van der Waals surface area contributed by atoms with E-state index < -0.39 is 5.82 Å². The lowest BCUT2D eigenvalue weighted by molar-refractivity contribution is -0.113. The average molecular weight is 319 g/mol. The molecule has 6 heteroatoms. The molecule has 1 N–H and O–H groups in total. The van der Waals surface area contributed by atoms with Crippen LogP contribution in [0.15, 0.2) is 47.4 Å². The van der Waals surface area contributed by atoms with Crippen molar-refractivity contribution in [3.63, 3.8) is 0 Å². The van der Waals surface area contributed by atoms with Gasteiger partial charge in [-0.15, -0.1) is 11.8 Å². The van der Waals surface area contributed by atoms with Crippen molar-refractivity contribution in [1.29, 1.82) is 0 Å². The van der Waals surface area contributed by atoms with Gasteiger partial charge in [0.05, 0.1) is 11.4 Å². The number of nitrogens with one attached hydrogen (secondary N) is 1. The maximum absolute atomic E-state index is 13.4. The maximum Gasteiger partial charge on any atom is 0.234 e. The molecule has 2 aromatic rings. The van der Waals surface area contributed by atoms with Gasteiger partial charge in [-0.1, -0.05) is 12.1 Å². The van der Waals surface area contributed by atoms with Crippen LogP contribution in [0.4, 0.5) is 10.1 Å². The van der Waals surface area contributed by atoms with Crippen LogP contribution in [0.2, 0.25) is 0 Å². The number of hydrogen-bond acceptors (Lipinski definition) is 4. The number of carbonyl (C=O) groups excluding carboxylic acids is 1. The Hall–Kier alpha value is -2.21. The molecule has 0 fully saturated rings. The second-order valence-electron chi connectivity index (χ2n) is 4.62. The van der Waals surface area contributed by atoms with E-state index in [2.05, 4.69) is 5.32 Å². The molecule has 0 aromatic heterocycles.